The fraction of sp³-hybridized carbons (Fsp3) is 0.219. The van der Waals surface area contributed by atoms with E-state index in [9.17, 15) is 4.79 Å². The largest absolute Gasteiger partial charge is 0.489 e. The van der Waals surface area contributed by atoms with Crippen LogP contribution in [0.1, 0.15) is 40.7 Å². The van der Waals surface area contributed by atoms with Crippen molar-refractivity contribution in [1.82, 2.24) is 9.47 Å². The van der Waals surface area contributed by atoms with E-state index in [4.69, 9.17) is 11.2 Å². The molecule has 0 unspecified atom stereocenters. The SMILES string of the molecule is C#CCCC(=O)n1cc(C2=CCN(Cc3ccccc3)CC2)c2cc(OCc3ccccc3)ccc21. The lowest BCUT2D eigenvalue weighted by molar-refractivity contribution is 0.0910. The second-order valence-corrected chi connectivity index (χ2v) is 9.16. The standard InChI is InChI=1S/C32H30N2O2/c1-2-3-14-32(35)34-23-30(27-17-19-33(20-18-27)22-25-10-6-4-7-11-25)29-21-28(15-16-31(29)34)36-24-26-12-8-5-9-13-26/h1,4-13,15-17,21,23H,3,14,18-20,22,24H2. The Morgan fingerprint density at radius 1 is 0.972 bits per heavy atom. The van der Waals surface area contributed by atoms with Gasteiger partial charge in [-0.3, -0.25) is 14.3 Å². The van der Waals surface area contributed by atoms with Crippen LogP contribution in [0.25, 0.3) is 16.5 Å². The molecular weight excluding hydrogens is 444 g/mol. The molecule has 0 atom stereocenters. The number of carbonyl (C=O) groups excluding carboxylic acids is 1. The molecule has 0 N–H and O–H groups in total. The van der Waals surface area contributed by atoms with E-state index < -0.39 is 0 Å². The fourth-order valence-electron chi connectivity index (χ4n) is 4.74. The first-order valence-electron chi connectivity index (χ1n) is 12.5. The van der Waals surface area contributed by atoms with Gasteiger partial charge in [0.05, 0.1) is 5.52 Å². The van der Waals surface area contributed by atoms with Gasteiger partial charge in [-0.2, -0.15) is 0 Å². The van der Waals surface area contributed by atoms with Crippen molar-refractivity contribution < 1.29 is 9.53 Å². The van der Waals surface area contributed by atoms with Gasteiger partial charge in [-0.05, 0) is 41.3 Å². The van der Waals surface area contributed by atoms with Crippen LogP contribution in [0, 0.1) is 12.3 Å². The molecule has 4 nitrogen and oxygen atoms in total. The summed E-state index contributed by atoms with van der Waals surface area (Å²) >= 11 is 0. The first-order chi connectivity index (χ1) is 17.7. The monoisotopic (exact) mass is 474 g/mol. The lowest BCUT2D eigenvalue weighted by Crippen LogP contribution is -2.27. The van der Waals surface area contributed by atoms with Crippen LogP contribution in [0.2, 0.25) is 0 Å². The van der Waals surface area contributed by atoms with Gasteiger partial charge in [-0.25, -0.2) is 0 Å². The van der Waals surface area contributed by atoms with Crippen LogP contribution in [0.4, 0.5) is 0 Å². The molecule has 0 aliphatic carbocycles. The summed E-state index contributed by atoms with van der Waals surface area (Å²) in [4.78, 5) is 15.4. The van der Waals surface area contributed by atoms with E-state index in [1.54, 1.807) is 4.57 Å². The molecule has 1 aliphatic rings. The van der Waals surface area contributed by atoms with Gasteiger partial charge in [-0.1, -0.05) is 66.7 Å². The predicted octanol–water partition coefficient (Wildman–Crippen LogP) is 6.56. The number of hydrogen-bond acceptors (Lipinski definition) is 3. The highest BCUT2D eigenvalue weighted by Crippen LogP contribution is 2.34. The van der Waals surface area contributed by atoms with E-state index in [1.807, 2.05) is 36.5 Å². The number of nitrogens with zero attached hydrogens (tertiary/aromatic N) is 2. The number of hydrogen-bond donors (Lipinski definition) is 0. The quantitative estimate of drug-likeness (QED) is 0.271. The highest BCUT2D eigenvalue weighted by atomic mass is 16.5. The van der Waals surface area contributed by atoms with Gasteiger partial charge >= 0.3 is 0 Å². The number of rotatable bonds is 8. The minimum absolute atomic E-state index is 0.0178. The third-order valence-electron chi connectivity index (χ3n) is 6.66. The zero-order valence-corrected chi connectivity index (χ0v) is 20.4. The number of fused-ring (bicyclic) bond motifs is 1. The third-order valence-corrected chi connectivity index (χ3v) is 6.66. The van der Waals surface area contributed by atoms with E-state index in [-0.39, 0.29) is 5.91 Å². The lowest BCUT2D eigenvalue weighted by atomic mass is 9.98. The Morgan fingerprint density at radius 2 is 1.72 bits per heavy atom. The zero-order chi connectivity index (χ0) is 24.7. The molecule has 5 rings (SSSR count). The molecule has 1 aromatic heterocycles. The van der Waals surface area contributed by atoms with Crippen molar-refractivity contribution in [3.05, 3.63) is 108 Å². The maximum atomic E-state index is 13.0. The Labute approximate surface area is 212 Å². The van der Waals surface area contributed by atoms with Crippen molar-refractivity contribution in [1.29, 1.82) is 0 Å². The summed E-state index contributed by atoms with van der Waals surface area (Å²) in [6.45, 7) is 3.30. The van der Waals surface area contributed by atoms with Gasteiger partial charge in [0.2, 0.25) is 5.91 Å². The van der Waals surface area contributed by atoms with Crippen LogP contribution in [-0.2, 0) is 13.2 Å². The van der Waals surface area contributed by atoms with Gasteiger partial charge in [0.15, 0.2) is 0 Å². The molecule has 4 aromatic rings. The first kappa shape index (κ1) is 23.7. The molecule has 0 saturated heterocycles. The molecule has 1 aliphatic heterocycles. The normalized spacial score (nSPS) is 13.8. The van der Waals surface area contributed by atoms with Crippen LogP contribution in [0.5, 0.6) is 5.75 Å². The molecule has 36 heavy (non-hydrogen) atoms. The number of terminal acetylenes is 1. The molecule has 0 fully saturated rings. The summed E-state index contributed by atoms with van der Waals surface area (Å²) in [7, 11) is 0. The smallest absolute Gasteiger partial charge is 0.232 e. The van der Waals surface area contributed by atoms with Gasteiger partial charge in [0, 0.05) is 49.6 Å². The molecule has 0 radical (unpaired) electrons. The molecule has 4 heteroatoms. The van der Waals surface area contributed by atoms with E-state index in [0.29, 0.717) is 19.4 Å². The van der Waals surface area contributed by atoms with Crippen LogP contribution in [0.15, 0.2) is 91.1 Å². The molecule has 2 heterocycles. The first-order valence-corrected chi connectivity index (χ1v) is 12.5. The van der Waals surface area contributed by atoms with Crippen LogP contribution >= 0.6 is 0 Å². The van der Waals surface area contributed by atoms with Crippen LogP contribution in [0.3, 0.4) is 0 Å². The Balaban J connectivity index is 1.42. The second-order valence-electron chi connectivity index (χ2n) is 9.16. The summed E-state index contributed by atoms with van der Waals surface area (Å²) in [6.07, 6.45) is 11.4. The fourth-order valence-corrected chi connectivity index (χ4v) is 4.74. The highest BCUT2D eigenvalue weighted by Gasteiger charge is 2.20. The number of ether oxygens (including phenoxy) is 1. The molecule has 3 aromatic carbocycles. The average molecular weight is 475 g/mol. The van der Waals surface area contributed by atoms with Crippen molar-refractivity contribution in [2.75, 3.05) is 13.1 Å². The summed E-state index contributed by atoms with van der Waals surface area (Å²) in [6, 6.07) is 26.7. The Kier molecular flexibility index (Phi) is 7.30. The minimum atomic E-state index is 0.0178. The highest BCUT2D eigenvalue weighted by molar-refractivity contribution is 6.00. The van der Waals surface area contributed by atoms with Crippen LogP contribution < -0.4 is 4.74 Å². The number of aromatic nitrogens is 1. The van der Waals surface area contributed by atoms with Gasteiger partial charge < -0.3 is 4.74 Å². The van der Waals surface area contributed by atoms with Gasteiger partial charge in [0.1, 0.15) is 12.4 Å². The summed E-state index contributed by atoms with van der Waals surface area (Å²) in [5.74, 6) is 3.39. The van der Waals surface area contributed by atoms with Crippen molar-refractivity contribution in [3.63, 3.8) is 0 Å². The Morgan fingerprint density at radius 3 is 2.42 bits per heavy atom. The Bertz CT molecular complexity index is 1410. The van der Waals surface area contributed by atoms with E-state index in [2.05, 4.69) is 65.4 Å². The second kappa shape index (κ2) is 11.1. The number of benzene rings is 3. The summed E-state index contributed by atoms with van der Waals surface area (Å²) in [5, 5.41) is 1.04. The van der Waals surface area contributed by atoms with E-state index in [0.717, 1.165) is 53.8 Å². The van der Waals surface area contributed by atoms with Gasteiger partial charge in [0.25, 0.3) is 0 Å². The number of carbonyl (C=O) groups is 1. The molecule has 0 spiro atoms. The maximum absolute atomic E-state index is 13.0. The molecule has 180 valence electrons. The lowest BCUT2D eigenvalue weighted by Gasteiger charge is -2.26. The molecule has 0 saturated carbocycles. The van der Waals surface area contributed by atoms with E-state index >= 15 is 0 Å². The zero-order valence-electron chi connectivity index (χ0n) is 20.4. The van der Waals surface area contributed by atoms with E-state index in [1.165, 1.54) is 11.1 Å². The van der Waals surface area contributed by atoms with Crippen molar-refractivity contribution in [2.24, 2.45) is 0 Å². The van der Waals surface area contributed by atoms with Crippen molar-refractivity contribution in [2.45, 2.75) is 32.4 Å². The average Bonchev–Trinajstić information content (AvgIpc) is 3.31. The Hall–Kier alpha value is -4.07. The summed E-state index contributed by atoms with van der Waals surface area (Å²) < 4.78 is 7.88. The van der Waals surface area contributed by atoms with Gasteiger partial charge in [-0.15, -0.1) is 12.3 Å². The predicted molar refractivity (Wildman–Crippen MR) is 146 cm³/mol. The topological polar surface area (TPSA) is 34.5 Å². The minimum Gasteiger partial charge on any atom is -0.489 e. The molecule has 0 bridgehead atoms. The summed E-state index contributed by atoms with van der Waals surface area (Å²) in [5.41, 5.74) is 5.71. The van der Waals surface area contributed by atoms with Crippen molar-refractivity contribution >= 4 is 22.4 Å². The molecular formula is C32H30N2O2. The third kappa shape index (κ3) is 5.43. The maximum Gasteiger partial charge on any atom is 0.232 e. The van der Waals surface area contributed by atoms with Crippen molar-refractivity contribution in [3.8, 4) is 18.1 Å². The molecule has 0 amide bonds. The van der Waals surface area contributed by atoms with Crippen LogP contribution in [-0.4, -0.2) is 28.5 Å².